The highest BCUT2D eigenvalue weighted by Crippen LogP contribution is 2.34. The summed E-state index contributed by atoms with van der Waals surface area (Å²) in [6.45, 7) is 11.7. The van der Waals surface area contributed by atoms with E-state index in [1.807, 2.05) is 0 Å². The molecule has 0 N–H and O–H groups in total. The van der Waals surface area contributed by atoms with Crippen LogP contribution in [0.4, 0.5) is 0 Å². The number of allylic oxidation sites excluding steroid dienone is 2. The highest BCUT2D eigenvalue weighted by atomic mass is 16.7. The normalized spacial score (nSPS) is 16.9. The van der Waals surface area contributed by atoms with Crippen molar-refractivity contribution in [1.82, 2.24) is 0 Å². The SMILES string of the molecule is C=C(C)/C=C(\C(=C)C)C1(C(=O)C(=O)c2ccccc2)OCCO1. The molecule has 0 unspecified atom stereocenters. The zero-order valence-corrected chi connectivity index (χ0v) is 13.4. The molecule has 0 radical (unpaired) electrons. The Morgan fingerprint density at radius 2 is 1.65 bits per heavy atom. The van der Waals surface area contributed by atoms with E-state index in [0.717, 1.165) is 0 Å². The van der Waals surface area contributed by atoms with Gasteiger partial charge in [-0.15, -0.1) is 0 Å². The zero-order valence-electron chi connectivity index (χ0n) is 13.4. The number of carbonyl (C=O) groups excluding carboxylic acids is 2. The van der Waals surface area contributed by atoms with Crippen LogP contribution in [0, 0.1) is 0 Å². The first-order valence-electron chi connectivity index (χ1n) is 7.34. The van der Waals surface area contributed by atoms with Gasteiger partial charge in [-0.1, -0.05) is 55.1 Å². The largest absolute Gasteiger partial charge is 0.337 e. The van der Waals surface area contributed by atoms with Crippen LogP contribution in [0.5, 0.6) is 0 Å². The van der Waals surface area contributed by atoms with E-state index in [4.69, 9.17) is 9.47 Å². The first-order valence-corrected chi connectivity index (χ1v) is 7.34. The second-order valence-corrected chi connectivity index (χ2v) is 5.52. The molecule has 0 bridgehead atoms. The molecule has 1 heterocycles. The number of hydrogen-bond donors (Lipinski definition) is 0. The molecule has 23 heavy (non-hydrogen) atoms. The Kier molecular flexibility index (Phi) is 5.08. The molecule has 1 aromatic carbocycles. The third kappa shape index (κ3) is 3.38. The molecule has 0 spiro atoms. The summed E-state index contributed by atoms with van der Waals surface area (Å²) in [6, 6.07) is 8.36. The Hall–Kier alpha value is -2.30. The first kappa shape index (κ1) is 17.1. The van der Waals surface area contributed by atoms with E-state index in [0.29, 0.717) is 22.3 Å². The minimum Gasteiger partial charge on any atom is -0.337 e. The van der Waals surface area contributed by atoms with Crippen LogP contribution in [-0.4, -0.2) is 30.6 Å². The van der Waals surface area contributed by atoms with Gasteiger partial charge in [0.25, 0.3) is 11.6 Å². The summed E-state index contributed by atoms with van der Waals surface area (Å²) in [5.41, 5.74) is 2.02. The lowest BCUT2D eigenvalue weighted by molar-refractivity contribution is -0.161. The van der Waals surface area contributed by atoms with Crippen LogP contribution < -0.4 is 0 Å². The topological polar surface area (TPSA) is 52.6 Å². The molecule has 4 nitrogen and oxygen atoms in total. The van der Waals surface area contributed by atoms with E-state index in [-0.39, 0.29) is 13.2 Å². The minimum atomic E-state index is -1.74. The number of Topliss-reactive ketones (excluding diaryl/α,β-unsaturated/α-hetero) is 2. The van der Waals surface area contributed by atoms with Crippen molar-refractivity contribution in [2.45, 2.75) is 19.6 Å². The monoisotopic (exact) mass is 312 g/mol. The van der Waals surface area contributed by atoms with Crippen LogP contribution >= 0.6 is 0 Å². The molecule has 0 amide bonds. The van der Waals surface area contributed by atoms with E-state index in [1.54, 1.807) is 50.3 Å². The maximum absolute atomic E-state index is 12.9. The van der Waals surface area contributed by atoms with Crippen molar-refractivity contribution in [3.05, 3.63) is 71.8 Å². The summed E-state index contributed by atoms with van der Waals surface area (Å²) in [4.78, 5) is 25.4. The van der Waals surface area contributed by atoms with Crippen molar-refractivity contribution in [3.8, 4) is 0 Å². The smallest absolute Gasteiger partial charge is 0.267 e. The lowest BCUT2D eigenvalue weighted by Crippen LogP contribution is -2.46. The third-order valence-corrected chi connectivity index (χ3v) is 3.44. The molecule has 1 aliphatic heterocycles. The Balaban J connectivity index is 2.48. The molecular weight excluding hydrogens is 292 g/mol. The third-order valence-electron chi connectivity index (χ3n) is 3.44. The van der Waals surface area contributed by atoms with E-state index < -0.39 is 17.4 Å². The molecule has 1 saturated heterocycles. The van der Waals surface area contributed by atoms with Gasteiger partial charge in [-0.05, 0) is 19.4 Å². The summed E-state index contributed by atoms with van der Waals surface area (Å²) in [5.74, 6) is -3.14. The highest BCUT2D eigenvalue weighted by Gasteiger charge is 2.51. The maximum Gasteiger partial charge on any atom is 0.267 e. The predicted octanol–water partition coefficient (Wildman–Crippen LogP) is 3.26. The van der Waals surface area contributed by atoms with Gasteiger partial charge in [0.2, 0.25) is 5.78 Å². The first-order chi connectivity index (χ1) is 10.9. The molecule has 1 aliphatic rings. The van der Waals surface area contributed by atoms with Gasteiger partial charge < -0.3 is 9.47 Å². The standard InChI is InChI=1S/C19H20O4/c1-13(2)12-16(14(3)4)19(22-10-11-23-19)18(21)17(20)15-8-6-5-7-9-15/h5-9,12H,1,3,10-11H2,2,4H3/b16-12+. The fraction of sp³-hybridized carbons (Fsp3) is 0.263. The van der Waals surface area contributed by atoms with Gasteiger partial charge in [0, 0.05) is 11.1 Å². The Bertz CT molecular complexity index is 677. The van der Waals surface area contributed by atoms with Crippen LogP contribution in [-0.2, 0) is 14.3 Å². The van der Waals surface area contributed by atoms with Gasteiger partial charge in [0.15, 0.2) is 0 Å². The van der Waals surface area contributed by atoms with Crippen molar-refractivity contribution >= 4 is 11.6 Å². The molecular formula is C19H20O4. The average Bonchev–Trinajstić information content (AvgIpc) is 3.02. The quantitative estimate of drug-likeness (QED) is 0.459. The number of carbonyl (C=O) groups is 2. The van der Waals surface area contributed by atoms with Gasteiger partial charge in [0.05, 0.1) is 13.2 Å². The molecule has 1 aromatic rings. The highest BCUT2D eigenvalue weighted by molar-refractivity contribution is 6.46. The summed E-state index contributed by atoms with van der Waals surface area (Å²) < 4.78 is 11.2. The van der Waals surface area contributed by atoms with E-state index >= 15 is 0 Å². The van der Waals surface area contributed by atoms with E-state index in [1.165, 1.54) is 0 Å². The van der Waals surface area contributed by atoms with E-state index in [9.17, 15) is 9.59 Å². The van der Waals surface area contributed by atoms with Crippen molar-refractivity contribution < 1.29 is 19.1 Å². The zero-order chi connectivity index (χ0) is 17.0. The van der Waals surface area contributed by atoms with Gasteiger partial charge in [-0.2, -0.15) is 0 Å². The number of rotatable bonds is 6. The Morgan fingerprint density at radius 1 is 1.09 bits per heavy atom. The molecule has 0 aliphatic carbocycles. The van der Waals surface area contributed by atoms with Crippen molar-refractivity contribution in [1.29, 1.82) is 0 Å². The maximum atomic E-state index is 12.9. The van der Waals surface area contributed by atoms with Crippen LogP contribution in [0.3, 0.4) is 0 Å². The lowest BCUT2D eigenvalue weighted by atomic mass is 9.90. The molecule has 0 saturated carbocycles. The van der Waals surface area contributed by atoms with Crippen molar-refractivity contribution in [2.24, 2.45) is 0 Å². The molecule has 120 valence electrons. The van der Waals surface area contributed by atoms with Crippen LogP contribution in [0.2, 0.25) is 0 Å². The second-order valence-electron chi connectivity index (χ2n) is 5.52. The summed E-state index contributed by atoms with van der Waals surface area (Å²) in [7, 11) is 0. The number of hydrogen-bond acceptors (Lipinski definition) is 4. The van der Waals surface area contributed by atoms with Gasteiger partial charge in [0.1, 0.15) is 0 Å². The lowest BCUT2D eigenvalue weighted by Gasteiger charge is -2.28. The second kappa shape index (κ2) is 6.86. The average molecular weight is 312 g/mol. The predicted molar refractivity (Wildman–Crippen MR) is 88.1 cm³/mol. The van der Waals surface area contributed by atoms with Gasteiger partial charge >= 0.3 is 0 Å². The molecule has 2 rings (SSSR count). The van der Waals surface area contributed by atoms with Crippen molar-refractivity contribution in [3.63, 3.8) is 0 Å². The summed E-state index contributed by atoms with van der Waals surface area (Å²) >= 11 is 0. The fourth-order valence-electron chi connectivity index (χ4n) is 2.44. The molecule has 0 aromatic heterocycles. The number of ketones is 2. The van der Waals surface area contributed by atoms with Crippen molar-refractivity contribution in [2.75, 3.05) is 13.2 Å². The van der Waals surface area contributed by atoms with Gasteiger partial charge in [-0.3, -0.25) is 9.59 Å². The Morgan fingerprint density at radius 3 is 2.13 bits per heavy atom. The van der Waals surface area contributed by atoms with Crippen LogP contribution in [0.1, 0.15) is 24.2 Å². The number of ether oxygens (including phenoxy) is 2. The molecule has 0 atom stereocenters. The molecule has 4 heteroatoms. The summed E-state index contributed by atoms with van der Waals surface area (Å²) in [6.07, 6.45) is 1.67. The fourth-order valence-corrected chi connectivity index (χ4v) is 2.44. The van der Waals surface area contributed by atoms with Crippen LogP contribution in [0.25, 0.3) is 0 Å². The summed E-state index contributed by atoms with van der Waals surface area (Å²) in [5, 5.41) is 0. The Labute approximate surface area is 136 Å². The van der Waals surface area contributed by atoms with Crippen LogP contribution in [0.15, 0.2) is 66.3 Å². The van der Waals surface area contributed by atoms with Gasteiger partial charge in [-0.25, -0.2) is 0 Å². The minimum absolute atomic E-state index is 0.231. The molecule has 1 fully saturated rings. The number of benzene rings is 1. The van der Waals surface area contributed by atoms with E-state index in [2.05, 4.69) is 13.2 Å².